The minimum absolute atomic E-state index is 0.0292. The fourth-order valence-electron chi connectivity index (χ4n) is 12.1. The first-order valence-electron chi connectivity index (χ1n) is 29.3. The van der Waals surface area contributed by atoms with Crippen molar-refractivity contribution in [2.24, 2.45) is 0 Å². The molecule has 27 heteroatoms. The van der Waals surface area contributed by atoms with Crippen molar-refractivity contribution in [1.82, 2.24) is 10.2 Å². The molecule has 0 saturated carbocycles. The number of carbonyl (C=O) groups is 3. The number of hydrogen-bond donors (Lipinski definition) is 8. The Bertz CT molecular complexity index is 4030. The number of rotatable bonds is 26. The standard InChI is InChI=1S/C62H75BN4O18S4/c1-40(60(70)67-35-12-17-57(67)63(71)72)65-59(69)43-18-22-44(23-19-43)64-39-45(68)15-7-6-8-16-50-51-30-28-48(88(79,80)81)37-53(51)61(2,3)52(50)31-20-41-13-11-14-42(58(41)85-46-24-26-47(27-25-46)87(76,77)78)21-33-56-62(4,5)54-38-49(89(82,83)84)29-32-55(54)66(56)34-9-10-36-86(73,74)75/h18-33,37-38,40,57,64,71-72H,6-17,34-36,39H2,1-5H3,(H,65,69)(H,73,74,75)(H,76,77,78)(H,79,80,81)(H,82,83,84)/b31-20+,42-21+,56-33+/t40-,57+/m1/s1. The molecule has 0 bridgehead atoms. The molecule has 2 heterocycles. The van der Waals surface area contributed by atoms with Crippen molar-refractivity contribution in [3.8, 4) is 5.75 Å². The van der Waals surface area contributed by atoms with E-state index < -0.39 is 88.0 Å². The van der Waals surface area contributed by atoms with Crippen LogP contribution in [-0.4, -0.2) is 129 Å². The largest absolute Gasteiger partial charge is 0.475 e. The second kappa shape index (κ2) is 27.4. The molecule has 1 fully saturated rings. The molecule has 2 aliphatic heterocycles. The average Bonchev–Trinajstić information content (AvgIpc) is 1.84. The minimum Gasteiger partial charge on any atom is -0.457 e. The monoisotopic (exact) mass is 1300 g/mol. The lowest BCUT2D eigenvalue weighted by molar-refractivity contribution is -0.132. The number of likely N-dealkylation sites (tertiary alicyclic amines) is 1. The van der Waals surface area contributed by atoms with Gasteiger partial charge in [-0.15, -0.1) is 0 Å². The summed E-state index contributed by atoms with van der Waals surface area (Å²) < 4.78 is 143. The summed E-state index contributed by atoms with van der Waals surface area (Å²) in [6, 6.07) is 19.5. The minimum atomic E-state index is -4.60. The third-order valence-electron chi connectivity index (χ3n) is 16.9. The number of Topliss-reactive ketones (excluding diaryl/α,β-unsaturated/α-hetero) is 1. The molecule has 478 valence electrons. The van der Waals surface area contributed by atoms with E-state index in [1.54, 1.807) is 36.4 Å². The summed E-state index contributed by atoms with van der Waals surface area (Å²) in [5, 5.41) is 25.1. The van der Waals surface area contributed by atoms with Crippen LogP contribution in [0, 0.1) is 0 Å². The summed E-state index contributed by atoms with van der Waals surface area (Å²) in [6.45, 7) is 9.87. The van der Waals surface area contributed by atoms with E-state index in [1.807, 2.05) is 56.9 Å². The summed E-state index contributed by atoms with van der Waals surface area (Å²) in [5.41, 5.74) is 5.78. The van der Waals surface area contributed by atoms with Gasteiger partial charge >= 0.3 is 7.12 Å². The quantitative estimate of drug-likeness (QED) is 0.0166. The maximum absolute atomic E-state index is 13.2. The Morgan fingerprint density at radius 2 is 1.36 bits per heavy atom. The van der Waals surface area contributed by atoms with E-state index in [0.717, 1.165) is 22.3 Å². The SMILES string of the molecule is C[C@@H](NC(=O)c1ccc(NCC(=O)CCCCCC2=C(/C=C/C3=C(Oc4ccc(S(=O)(=O)O)cc4)C(=C/C=C4/N(CCCCS(=O)(=O)O)c5ccc(S(=O)(=O)O)cc5C4(C)C)/CCC3)C(C)(C)c3cc(S(=O)(=O)O)ccc32)cc1)C(=O)N1CCC[C@H]1B(O)O. The molecule has 89 heavy (non-hydrogen) atoms. The molecule has 0 aromatic heterocycles. The number of fused-ring (bicyclic) bond motifs is 2. The molecule has 0 unspecified atom stereocenters. The number of benzene rings is 4. The van der Waals surface area contributed by atoms with E-state index in [2.05, 4.69) is 10.6 Å². The lowest BCUT2D eigenvalue weighted by Crippen LogP contribution is -2.52. The van der Waals surface area contributed by atoms with Crippen molar-refractivity contribution in [2.75, 3.05) is 35.6 Å². The van der Waals surface area contributed by atoms with Gasteiger partial charge in [0.05, 0.1) is 32.9 Å². The number of hydrogen-bond acceptors (Lipinski definition) is 16. The predicted octanol–water partition coefficient (Wildman–Crippen LogP) is 8.57. The van der Waals surface area contributed by atoms with Crippen molar-refractivity contribution in [3.63, 3.8) is 0 Å². The van der Waals surface area contributed by atoms with Crippen LogP contribution < -0.4 is 20.3 Å². The van der Waals surface area contributed by atoms with E-state index in [4.69, 9.17) is 4.74 Å². The Morgan fingerprint density at radius 1 is 0.719 bits per heavy atom. The fourth-order valence-corrected chi connectivity index (χ4v) is 14.2. The molecular weight excluding hydrogens is 1230 g/mol. The molecule has 2 aliphatic carbocycles. The molecule has 1 saturated heterocycles. The van der Waals surface area contributed by atoms with Crippen LogP contribution in [0.2, 0.25) is 0 Å². The Balaban J connectivity index is 1.03. The van der Waals surface area contributed by atoms with Crippen LogP contribution >= 0.6 is 0 Å². The summed E-state index contributed by atoms with van der Waals surface area (Å²) >= 11 is 0. The maximum atomic E-state index is 13.2. The van der Waals surface area contributed by atoms with Crippen LogP contribution in [0.1, 0.15) is 139 Å². The molecule has 0 spiro atoms. The van der Waals surface area contributed by atoms with Gasteiger partial charge < -0.3 is 35.2 Å². The number of allylic oxidation sites excluding steroid dienone is 9. The van der Waals surface area contributed by atoms with Gasteiger partial charge in [-0.2, -0.15) is 33.7 Å². The zero-order valence-corrected chi connectivity index (χ0v) is 53.3. The van der Waals surface area contributed by atoms with Gasteiger partial charge in [0.25, 0.3) is 46.4 Å². The summed E-state index contributed by atoms with van der Waals surface area (Å²) in [5.74, 6) is -1.49. The molecule has 2 amide bonds. The third-order valence-corrected chi connectivity index (χ3v) is 20.2. The Hall–Kier alpha value is -6.79. The van der Waals surface area contributed by atoms with Crippen LogP contribution in [0.4, 0.5) is 11.4 Å². The highest BCUT2D eigenvalue weighted by Crippen LogP contribution is 2.51. The van der Waals surface area contributed by atoms with Crippen LogP contribution in [0.5, 0.6) is 5.75 Å². The van der Waals surface area contributed by atoms with Crippen LogP contribution in [-0.2, 0) is 60.9 Å². The Morgan fingerprint density at radius 3 is 2.00 bits per heavy atom. The molecule has 4 aliphatic rings. The molecule has 4 aromatic rings. The maximum Gasteiger partial charge on any atom is 0.475 e. The van der Waals surface area contributed by atoms with E-state index in [0.29, 0.717) is 110 Å². The highest BCUT2D eigenvalue weighted by molar-refractivity contribution is 7.86. The number of ketones is 1. The van der Waals surface area contributed by atoms with E-state index in [-0.39, 0.29) is 57.7 Å². The van der Waals surface area contributed by atoms with Crippen LogP contribution in [0.25, 0.3) is 5.57 Å². The van der Waals surface area contributed by atoms with Crippen LogP contribution in [0.15, 0.2) is 152 Å². The number of nitrogens with one attached hydrogen (secondary N) is 2. The molecular formula is C62H75BN4O18S4. The first-order chi connectivity index (χ1) is 41.6. The first kappa shape index (κ1) is 68.1. The van der Waals surface area contributed by atoms with Crippen molar-refractivity contribution in [1.29, 1.82) is 0 Å². The van der Waals surface area contributed by atoms with E-state index >= 15 is 0 Å². The van der Waals surface area contributed by atoms with Gasteiger partial charge in [0.2, 0.25) is 5.91 Å². The highest BCUT2D eigenvalue weighted by Gasteiger charge is 2.42. The van der Waals surface area contributed by atoms with E-state index in [1.165, 1.54) is 60.4 Å². The molecule has 0 radical (unpaired) electrons. The highest BCUT2D eigenvalue weighted by atomic mass is 32.2. The van der Waals surface area contributed by atoms with Gasteiger partial charge in [-0.3, -0.25) is 32.6 Å². The lowest BCUT2D eigenvalue weighted by Gasteiger charge is -2.27. The van der Waals surface area contributed by atoms with Gasteiger partial charge in [0, 0.05) is 53.0 Å². The molecule has 4 aromatic carbocycles. The van der Waals surface area contributed by atoms with Gasteiger partial charge in [-0.1, -0.05) is 58.4 Å². The third kappa shape index (κ3) is 16.4. The van der Waals surface area contributed by atoms with Gasteiger partial charge in [-0.25, -0.2) is 0 Å². The zero-order chi connectivity index (χ0) is 65.0. The second-order valence-electron chi connectivity index (χ2n) is 23.8. The van der Waals surface area contributed by atoms with E-state index in [9.17, 15) is 76.3 Å². The van der Waals surface area contributed by atoms with Crippen molar-refractivity contribution in [3.05, 3.63) is 160 Å². The van der Waals surface area contributed by atoms with Crippen molar-refractivity contribution >= 4 is 82.1 Å². The molecule has 2 atom stereocenters. The summed E-state index contributed by atoms with van der Waals surface area (Å²) in [4.78, 5) is 41.5. The predicted molar refractivity (Wildman–Crippen MR) is 336 cm³/mol. The number of unbranched alkanes of at least 4 members (excludes halogenated alkanes) is 3. The number of ether oxygens (including phenoxy) is 1. The average molecular weight is 1300 g/mol. The Labute approximate surface area is 520 Å². The number of amides is 2. The summed E-state index contributed by atoms with van der Waals surface area (Å²) in [6.07, 6.45) is 13.5. The van der Waals surface area contributed by atoms with Crippen molar-refractivity contribution in [2.45, 2.75) is 149 Å². The number of carbonyl (C=O) groups excluding carboxylic acids is 3. The first-order valence-corrected chi connectivity index (χ1v) is 35.2. The lowest BCUT2D eigenvalue weighted by atomic mass is 9.78. The second-order valence-corrected chi connectivity index (χ2v) is 29.7. The fraction of sp³-hybridized carbons (Fsp3) is 0.403. The van der Waals surface area contributed by atoms with Gasteiger partial charge in [0.1, 0.15) is 17.6 Å². The molecule has 8 N–H and O–H groups in total. The zero-order valence-electron chi connectivity index (χ0n) is 50.0. The smallest absolute Gasteiger partial charge is 0.457 e. The number of nitrogens with zero attached hydrogens (tertiary/aromatic N) is 2. The number of anilines is 2. The molecule has 22 nitrogen and oxygen atoms in total. The Kier molecular flexibility index (Phi) is 20.9. The summed E-state index contributed by atoms with van der Waals surface area (Å²) in [7, 11) is -19.7. The van der Waals surface area contributed by atoms with Crippen molar-refractivity contribution < 1.29 is 81.1 Å². The van der Waals surface area contributed by atoms with Crippen LogP contribution in [0.3, 0.4) is 0 Å². The van der Waals surface area contributed by atoms with Gasteiger partial charge in [-0.05, 0) is 195 Å². The van der Waals surface area contributed by atoms with Gasteiger partial charge in [0.15, 0.2) is 5.78 Å². The normalized spacial score (nSPS) is 18.8. The topological polar surface area (TPSA) is 349 Å². The molecule has 8 rings (SSSR count).